The molecule has 0 aromatic heterocycles. The summed E-state index contributed by atoms with van der Waals surface area (Å²) >= 11 is 0. The van der Waals surface area contributed by atoms with Gasteiger partial charge in [-0.15, -0.1) is 0 Å². The van der Waals surface area contributed by atoms with Gasteiger partial charge in [0.25, 0.3) is 0 Å². The molecule has 25 heavy (non-hydrogen) atoms. The summed E-state index contributed by atoms with van der Waals surface area (Å²) < 4.78 is 0. The standard InChI is InChI=1S/C20H30O5/c1-2-3-4-10-17(21)16-9-6-5-8-15(16)13-14-19(23)18(22)11-7-12-20(24)25/h5-6,8-9,13-14,17-19,21-23H,2-4,7,10-12H2,1H3,(H,24,25)/b14-13+/t17-,18+,19-/m1/s1. The van der Waals surface area contributed by atoms with E-state index in [1.165, 1.54) is 6.08 Å². The molecule has 0 saturated carbocycles. The largest absolute Gasteiger partial charge is 0.481 e. The van der Waals surface area contributed by atoms with Crippen molar-refractivity contribution in [3.05, 3.63) is 41.5 Å². The Morgan fingerprint density at radius 3 is 2.48 bits per heavy atom. The van der Waals surface area contributed by atoms with Crippen molar-refractivity contribution in [2.24, 2.45) is 0 Å². The molecule has 0 bridgehead atoms. The fourth-order valence-corrected chi connectivity index (χ4v) is 2.67. The van der Waals surface area contributed by atoms with Gasteiger partial charge in [-0.3, -0.25) is 4.79 Å². The zero-order valence-electron chi connectivity index (χ0n) is 14.8. The lowest BCUT2D eigenvalue weighted by Crippen LogP contribution is -2.23. The molecule has 0 spiro atoms. The van der Waals surface area contributed by atoms with Gasteiger partial charge in [0.2, 0.25) is 0 Å². The molecule has 140 valence electrons. The molecule has 0 fully saturated rings. The summed E-state index contributed by atoms with van der Waals surface area (Å²) in [6.07, 6.45) is 4.90. The van der Waals surface area contributed by atoms with Gasteiger partial charge in [0.15, 0.2) is 0 Å². The predicted molar refractivity (Wildman–Crippen MR) is 98.1 cm³/mol. The number of carbonyl (C=O) groups is 1. The second-order valence-electron chi connectivity index (χ2n) is 6.34. The average Bonchev–Trinajstić information content (AvgIpc) is 2.59. The second kappa shape index (κ2) is 11.8. The number of carboxylic acid groups (broad SMARTS) is 1. The van der Waals surface area contributed by atoms with Crippen LogP contribution >= 0.6 is 0 Å². The molecule has 3 atom stereocenters. The van der Waals surface area contributed by atoms with E-state index in [9.17, 15) is 20.1 Å². The van der Waals surface area contributed by atoms with Gasteiger partial charge in [0.05, 0.1) is 18.3 Å². The van der Waals surface area contributed by atoms with Crippen molar-refractivity contribution in [3.8, 4) is 0 Å². The molecule has 0 saturated heterocycles. The number of aliphatic hydroxyl groups excluding tert-OH is 3. The highest BCUT2D eigenvalue weighted by atomic mass is 16.4. The van der Waals surface area contributed by atoms with Gasteiger partial charge in [-0.1, -0.05) is 62.6 Å². The summed E-state index contributed by atoms with van der Waals surface area (Å²) in [6, 6.07) is 7.45. The Morgan fingerprint density at radius 1 is 1.08 bits per heavy atom. The van der Waals surface area contributed by atoms with E-state index in [-0.39, 0.29) is 12.8 Å². The summed E-state index contributed by atoms with van der Waals surface area (Å²) in [5, 5.41) is 38.9. The van der Waals surface area contributed by atoms with Crippen LogP contribution in [0.3, 0.4) is 0 Å². The number of hydrogen-bond acceptors (Lipinski definition) is 4. The minimum absolute atomic E-state index is 0.0275. The van der Waals surface area contributed by atoms with Gasteiger partial charge >= 0.3 is 5.97 Å². The van der Waals surface area contributed by atoms with Crippen LogP contribution < -0.4 is 0 Å². The van der Waals surface area contributed by atoms with Crippen LogP contribution in [0.4, 0.5) is 0 Å². The zero-order chi connectivity index (χ0) is 18.7. The van der Waals surface area contributed by atoms with Crippen LogP contribution in [0.1, 0.15) is 69.1 Å². The first-order chi connectivity index (χ1) is 12.0. The van der Waals surface area contributed by atoms with Crippen molar-refractivity contribution in [2.75, 3.05) is 0 Å². The Balaban J connectivity index is 2.65. The fourth-order valence-electron chi connectivity index (χ4n) is 2.67. The first-order valence-corrected chi connectivity index (χ1v) is 8.98. The second-order valence-corrected chi connectivity index (χ2v) is 6.34. The van der Waals surface area contributed by atoms with E-state index in [0.717, 1.165) is 30.4 Å². The fraction of sp³-hybridized carbons (Fsp3) is 0.550. The third kappa shape index (κ3) is 8.29. The molecule has 1 aromatic rings. The smallest absolute Gasteiger partial charge is 0.303 e. The monoisotopic (exact) mass is 350 g/mol. The molecule has 0 aliphatic carbocycles. The molecular formula is C20H30O5. The molecule has 0 heterocycles. The van der Waals surface area contributed by atoms with E-state index in [1.54, 1.807) is 6.08 Å². The molecule has 0 radical (unpaired) electrons. The molecule has 0 amide bonds. The van der Waals surface area contributed by atoms with Crippen LogP contribution in [0.15, 0.2) is 30.3 Å². The normalized spacial score (nSPS) is 15.2. The van der Waals surface area contributed by atoms with Gasteiger partial charge < -0.3 is 20.4 Å². The van der Waals surface area contributed by atoms with Crippen molar-refractivity contribution >= 4 is 12.0 Å². The van der Waals surface area contributed by atoms with Crippen LogP contribution in [0.2, 0.25) is 0 Å². The van der Waals surface area contributed by atoms with Crippen molar-refractivity contribution in [2.45, 2.75) is 70.2 Å². The molecule has 1 rings (SSSR count). The van der Waals surface area contributed by atoms with Gasteiger partial charge in [-0.2, -0.15) is 0 Å². The Hall–Kier alpha value is -1.69. The highest BCUT2D eigenvalue weighted by Crippen LogP contribution is 2.24. The Labute approximate surface area is 149 Å². The Bertz CT molecular complexity index is 541. The lowest BCUT2D eigenvalue weighted by atomic mass is 9.97. The van der Waals surface area contributed by atoms with Gasteiger partial charge in [-0.25, -0.2) is 0 Å². The molecule has 0 aliphatic rings. The predicted octanol–water partition coefficient (Wildman–Crippen LogP) is 3.29. The van der Waals surface area contributed by atoms with Gasteiger partial charge in [-0.05, 0) is 30.4 Å². The number of unbranched alkanes of at least 4 members (excludes halogenated alkanes) is 2. The van der Waals surface area contributed by atoms with E-state index in [1.807, 2.05) is 24.3 Å². The Kier molecular flexibility index (Phi) is 10.1. The minimum atomic E-state index is -1.07. The van der Waals surface area contributed by atoms with Crippen molar-refractivity contribution < 1.29 is 25.2 Å². The molecular weight excluding hydrogens is 320 g/mol. The SMILES string of the molecule is CCCCC[C@@H](O)c1ccccc1/C=C/[C@@H](O)[C@@H](O)CCCC(=O)O. The van der Waals surface area contributed by atoms with Gasteiger partial charge in [0, 0.05) is 6.42 Å². The minimum Gasteiger partial charge on any atom is -0.481 e. The molecule has 0 unspecified atom stereocenters. The highest BCUT2D eigenvalue weighted by molar-refractivity contribution is 5.66. The summed E-state index contributed by atoms with van der Waals surface area (Å²) in [6.45, 7) is 2.12. The molecule has 1 aromatic carbocycles. The van der Waals surface area contributed by atoms with Gasteiger partial charge in [0.1, 0.15) is 0 Å². The van der Waals surface area contributed by atoms with E-state index >= 15 is 0 Å². The van der Waals surface area contributed by atoms with Crippen molar-refractivity contribution in [1.29, 1.82) is 0 Å². The van der Waals surface area contributed by atoms with Crippen LogP contribution in [0.25, 0.3) is 6.08 Å². The third-order valence-electron chi connectivity index (χ3n) is 4.19. The molecule has 0 aliphatic heterocycles. The van der Waals surface area contributed by atoms with E-state index < -0.39 is 24.3 Å². The maximum absolute atomic E-state index is 10.5. The van der Waals surface area contributed by atoms with Crippen molar-refractivity contribution in [1.82, 2.24) is 0 Å². The summed E-state index contributed by atoms with van der Waals surface area (Å²) in [7, 11) is 0. The quantitative estimate of drug-likeness (QED) is 0.434. The number of benzene rings is 1. The lowest BCUT2D eigenvalue weighted by Gasteiger charge is -2.16. The lowest BCUT2D eigenvalue weighted by molar-refractivity contribution is -0.137. The zero-order valence-corrected chi connectivity index (χ0v) is 14.8. The molecule has 5 heteroatoms. The van der Waals surface area contributed by atoms with Crippen LogP contribution in [-0.2, 0) is 4.79 Å². The maximum Gasteiger partial charge on any atom is 0.303 e. The Morgan fingerprint density at radius 2 is 1.80 bits per heavy atom. The van der Waals surface area contributed by atoms with Crippen molar-refractivity contribution in [3.63, 3.8) is 0 Å². The van der Waals surface area contributed by atoms with E-state index in [0.29, 0.717) is 12.8 Å². The van der Waals surface area contributed by atoms with E-state index in [4.69, 9.17) is 5.11 Å². The first-order valence-electron chi connectivity index (χ1n) is 8.98. The molecule has 5 nitrogen and oxygen atoms in total. The number of hydrogen-bond donors (Lipinski definition) is 4. The number of aliphatic hydroxyl groups is 3. The number of aliphatic carboxylic acids is 1. The van der Waals surface area contributed by atoms with E-state index in [2.05, 4.69) is 6.92 Å². The third-order valence-corrected chi connectivity index (χ3v) is 4.19. The average molecular weight is 350 g/mol. The maximum atomic E-state index is 10.5. The first kappa shape index (κ1) is 21.4. The highest BCUT2D eigenvalue weighted by Gasteiger charge is 2.15. The summed E-state index contributed by atoms with van der Waals surface area (Å²) in [5.74, 6) is -0.914. The number of rotatable bonds is 12. The van der Waals surface area contributed by atoms with Crippen LogP contribution in [0.5, 0.6) is 0 Å². The topological polar surface area (TPSA) is 98.0 Å². The number of carboxylic acids is 1. The summed E-state index contributed by atoms with van der Waals surface area (Å²) in [5.41, 5.74) is 1.62. The van der Waals surface area contributed by atoms with Crippen LogP contribution in [0, 0.1) is 0 Å². The molecule has 4 N–H and O–H groups in total. The summed E-state index contributed by atoms with van der Waals surface area (Å²) in [4.78, 5) is 10.5. The van der Waals surface area contributed by atoms with Crippen LogP contribution in [-0.4, -0.2) is 38.6 Å².